The number of carbonyl (C=O) groups excluding carboxylic acids is 1. The van der Waals surface area contributed by atoms with E-state index in [4.69, 9.17) is 10.00 Å². The molecule has 1 amide bonds. The Balaban J connectivity index is 2.43. The van der Waals surface area contributed by atoms with Gasteiger partial charge in [0.1, 0.15) is 6.61 Å². The van der Waals surface area contributed by atoms with Crippen molar-refractivity contribution in [3.8, 4) is 6.07 Å². The number of nitriles is 1. The lowest BCUT2D eigenvalue weighted by Gasteiger charge is -2.18. The van der Waals surface area contributed by atoms with Crippen molar-refractivity contribution in [3.05, 3.63) is 35.9 Å². The summed E-state index contributed by atoms with van der Waals surface area (Å²) >= 11 is 0. The van der Waals surface area contributed by atoms with E-state index in [0.29, 0.717) is 6.42 Å². The molecule has 5 heteroatoms. The summed E-state index contributed by atoms with van der Waals surface area (Å²) in [5.74, 6) is 0. The number of aliphatic hydroxyl groups is 1. The van der Waals surface area contributed by atoms with E-state index in [1.54, 1.807) is 6.07 Å². The van der Waals surface area contributed by atoms with E-state index in [0.717, 1.165) is 12.0 Å². The van der Waals surface area contributed by atoms with Crippen LogP contribution in [0, 0.1) is 11.3 Å². The molecule has 0 saturated carbocycles. The summed E-state index contributed by atoms with van der Waals surface area (Å²) in [6.45, 7) is 2.07. The first-order valence-corrected chi connectivity index (χ1v) is 6.22. The van der Waals surface area contributed by atoms with Crippen molar-refractivity contribution in [1.29, 1.82) is 5.26 Å². The Morgan fingerprint density at radius 2 is 2.16 bits per heavy atom. The monoisotopic (exact) mass is 262 g/mol. The number of hydrogen-bond donors (Lipinski definition) is 2. The van der Waals surface area contributed by atoms with E-state index in [2.05, 4.69) is 5.32 Å². The SMILES string of the molecule is CCC[C@H](NC(=O)OCc1ccccc1)C(O)C#N. The van der Waals surface area contributed by atoms with Gasteiger partial charge in [0.25, 0.3) is 0 Å². The largest absolute Gasteiger partial charge is 0.445 e. The number of rotatable bonds is 6. The highest BCUT2D eigenvalue weighted by Crippen LogP contribution is 2.04. The summed E-state index contributed by atoms with van der Waals surface area (Å²) in [5, 5.41) is 20.6. The van der Waals surface area contributed by atoms with Crippen LogP contribution in [0.1, 0.15) is 25.3 Å². The topological polar surface area (TPSA) is 82.3 Å². The fourth-order valence-corrected chi connectivity index (χ4v) is 1.63. The van der Waals surface area contributed by atoms with Crippen LogP contribution in [0.2, 0.25) is 0 Å². The standard InChI is InChI=1S/C14H18N2O3/c1-2-6-12(13(17)9-15)16-14(18)19-10-11-7-4-3-5-8-11/h3-5,7-8,12-13,17H,2,6,10H2,1H3,(H,16,18)/t12-,13?/m0/s1. The summed E-state index contributed by atoms with van der Waals surface area (Å²) in [5.41, 5.74) is 0.880. The fourth-order valence-electron chi connectivity index (χ4n) is 1.63. The van der Waals surface area contributed by atoms with Crippen molar-refractivity contribution < 1.29 is 14.6 Å². The number of ether oxygens (including phenoxy) is 1. The Hall–Kier alpha value is -2.06. The second-order valence-corrected chi connectivity index (χ2v) is 4.18. The van der Waals surface area contributed by atoms with E-state index in [1.165, 1.54) is 0 Å². The maximum Gasteiger partial charge on any atom is 0.407 e. The number of aliphatic hydroxyl groups excluding tert-OH is 1. The smallest absolute Gasteiger partial charge is 0.407 e. The maximum absolute atomic E-state index is 11.6. The molecular weight excluding hydrogens is 244 g/mol. The first-order valence-electron chi connectivity index (χ1n) is 6.22. The molecule has 2 N–H and O–H groups in total. The molecule has 0 bridgehead atoms. The van der Waals surface area contributed by atoms with Crippen molar-refractivity contribution in [2.45, 2.75) is 38.5 Å². The second-order valence-electron chi connectivity index (χ2n) is 4.18. The van der Waals surface area contributed by atoms with Crippen LogP contribution in [0.15, 0.2) is 30.3 Å². The highest BCUT2D eigenvalue weighted by molar-refractivity contribution is 5.67. The molecule has 0 aliphatic heterocycles. The van der Waals surface area contributed by atoms with Crippen LogP contribution < -0.4 is 5.32 Å². The molecule has 0 aliphatic rings. The molecule has 0 fully saturated rings. The number of nitrogens with zero attached hydrogens (tertiary/aromatic N) is 1. The molecule has 1 aromatic carbocycles. The van der Waals surface area contributed by atoms with Crippen molar-refractivity contribution in [1.82, 2.24) is 5.32 Å². The van der Waals surface area contributed by atoms with E-state index >= 15 is 0 Å². The van der Waals surface area contributed by atoms with Gasteiger partial charge in [0.2, 0.25) is 0 Å². The van der Waals surface area contributed by atoms with E-state index in [9.17, 15) is 9.90 Å². The van der Waals surface area contributed by atoms with Crippen LogP contribution in [-0.4, -0.2) is 23.3 Å². The van der Waals surface area contributed by atoms with Crippen molar-refractivity contribution in [3.63, 3.8) is 0 Å². The quantitative estimate of drug-likeness (QED) is 0.768. The van der Waals surface area contributed by atoms with Gasteiger partial charge in [0.15, 0.2) is 6.10 Å². The minimum absolute atomic E-state index is 0.161. The molecule has 19 heavy (non-hydrogen) atoms. The van der Waals surface area contributed by atoms with Gasteiger partial charge in [-0.25, -0.2) is 4.79 Å². The van der Waals surface area contributed by atoms with Gasteiger partial charge in [-0.15, -0.1) is 0 Å². The molecule has 5 nitrogen and oxygen atoms in total. The average molecular weight is 262 g/mol. The molecule has 0 aromatic heterocycles. The van der Waals surface area contributed by atoms with Crippen molar-refractivity contribution in [2.75, 3.05) is 0 Å². The first-order chi connectivity index (χ1) is 9.17. The van der Waals surface area contributed by atoms with Crippen molar-refractivity contribution in [2.24, 2.45) is 0 Å². The van der Waals surface area contributed by atoms with E-state index < -0.39 is 18.2 Å². The minimum atomic E-state index is -1.22. The third kappa shape index (κ3) is 5.40. The van der Waals surface area contributed by atoms with Gasteiger partial charge in [-0.2, -0.15) is 5.26 Å². The number of hydrogen-bond acceptors (Lipinski definition) is 4. The molecule has 0 spiro atoms. The second kappa shape index (κ2) is 8.11. The highest BCUT2D eigenvalue weighted by Gasteiger charge is 2.20. The molecule has 2 atom stereocenters. The number of amides is 1. The molecular formula is C14H18N2O3. The van der Waals surface area contributed by atoms with Crippen LogP contribution in [-0.2, 0) is 11.3 Å². The number of benzene rings is 1. The third-order valence-electron chi connectivity index (χ3n) is 2.63. The summed E-state index contributed by atoms with van der Waals surface area (Å²) < 4.78 is 5.03. The molecule has 0 heterocycles. The minimum Gasteiger partial charge on any atom is -0.445 e. The zero-order valence-electron chi connectivity index (χ0n) is 10.9. The lowest BCUT2D eigenvalue weighted by molar-refractivity contribution is 0.118. The fraction of sp³-hybridized carbons (Fsp3) is 0.429. The van der Waals surface area contributed by atoms with Gasteiger partial charge in [-0.3, -0.25) is 0 Å². The predicted molar refractivity (Wildman–Crippen MR) is 70.1 cm³/mol. The van der Waals surface area contributed by atoms with E-state index in [1.807, 2.05) is 37.3 Å². The molecule has 1 aromatic rings. The van der Waals surface area contributed by atoms with Gasteiger partial charge < -0.3 is 15.2 Å². The van der Waals surface area contributed by atoms with Crippen LogP contribution in [0.25, 0.3) is 0 Å². The number of alkyl carbamates (subject to hydrolysis) is 1. The zero-order valence-corrected chi connectivity index (χ0v) is 10.9. The van der Waals surface area contributed by atoms with Crippen molar-refractivity contribution >= 4 is 6.09 Å². The normalized spacial score (nSPS) is 13.1. The molecule has 0 radical (unpaired) electrons. The highest BCUT2D eigenvalue weighted by atomic mass is 16.5. The number of nitrogens with one attached hydrogen (secondary N) is 1. The van der Waals surface area contributed by atoms with E-state index in [-0.39, 0.29) is 6.61 Å². The Labute approximate surface area is 112 Å². The van der Waals surface area contributed by atoms with Gasteiger partial charge in [0.05, 0.1) is 12.1 Å². The first kappa shape index (κ1) is 15.0. The molecule has 0 saturated heterocycles. The molecule has 1 rings (SSSR count). The number of carbonyl (C=O) groups is 1. The lowest BCUT2D eigenvalue weighted by atomic mass is 10.1. The molecule has 0 aliphatic carbocycles. The zero-order chi connectivity index (χ0) is 14.1. The molecule has 102 valence electrons. The third-order valence-corrected chi connectivity index (χ3v) is 2.63. The van der Waals surface area contributed by atoms with Crippen LogP contribution in [0.5, 0.6) is 0 Å². The summed E-state index contributed by atoms with van der Waals surface area (Å²) in [7, 11) is 0. The van der Waals surface area contributed by atoms with Crippen LogP contribution in [0.4, 0.5) is 4.79 Å². The maximum atomic E-state index is 11.6. The predicted octanol–water partition coefficient (Wildman–Crippen LogP) is 1.97. The van der Waals surface area contributed by atoms with Gasteiger partial charge >= 0.3 is 6.09 Å². The molecule has 1 unspecified atom stereocenters. The summed E-state index contributed by atoms with van der Waals surface area (Å²) in [4.78, 5) is 11.6. The Kier molecular flexibility index (Phi) is 6.41. The van der Waals surface area contributed by atoms with Gasteiger partial charge in [0, 0.05) is 0 Å². The summed E-state index contributed by atoms with van der Waals surface area (Å²) in [6.07, 6.45) is -0.571. The van der Waals surface area contributed by atoms with Crippen LogP contribution >= 0.6 is 0 Å². The Bertz CT molecular complexity index is 428. The lowest BCUT2D eigenvalue weighted by Crippen LogP contribution is -2.42. The van der Waals surface area contributed by atoms with Gasteiger partial charge in [-0.05, 0) is 12.0 Å². The Morgan fingerprint density at radius 1 is 1.47 bits per heavy atom. The van der Waals surface area contributed by atoms with Gasteiger partial charge in [-0.1, -0.05) is 43.7 Å². The average Bonchev–Trinajstić information content (AvgIpc) is 2.45. The summed E-state index contributed by atoms with van der Waals surface area (Å²) in [6, 6.07) is 10.4. The van der Waals surface area contributed by atoms with Crippen LogP contribution in [0.3, 0.4) is 0 Å². The Morgan fingerprint density at radius 3 is 2.74 bits per heavy atom.